The topological polar surface area (TPSA) is 90.5 Å². The van der Waals surface area contributed by atoms with E-state index >= 15 is 0 Å². The molecule has 33 heavy (non-hydrogen) atoms. The maximum Gasteiger partial charge on any atom is 0.332 e. The first-order valence-electron chi connectivity index (χ1n) is 11.1. The second-order valence-corrected chi connectivity index (χ2v) is 8.46. The first-order chi connectivity index (χ1) is 16.0. The molecule has 0 radical (unpaired) electrons. The summed E-state index contributed by atoms with van der Waals surface area (Å²) in [6.45, 7) is 3.31. The normalized spacial score (nSPS) is 11.5. The van der Waals surface area contributed by atoms with Gasteiger partial charge in [-0.15, -0.1) is 0 Å². The molecule has 0 saturated heterocycles. The van der Waals surface area contributed by atoms with Gasteiger partial charge in [-0.25, -0.2) is 9.18 Å². The number of hydrogen-bond donors (Lipinski definition) is 1. The molecule has 174 valence electrons. The summed E-state index contributed by atoms with van der Waals surface area (Å²) in [6, 6.07) is 6.41. The van der Waals surface area contributed by atoms with Crippen molar-refractivity contribution in [2.45, 2.75) is 58.7 Å². The third kappa shape index (κ3) is 5.24. The predicted molar refractivity (Wildman–Crippen MR) is 125 cm³/mol. The Bertz CT molecular complexity index is 1370. The van der Waals surface area contributed by atoms with Crippen LogP contribution in [0.5, 0.6) is 0 Å². The van der Waals surface area contributed by atoms with Crippen LogP contribution in [0.4, 0.5) is 4.39 Å². The van der Waals surface area contributed by atoms with Gasteiger partial charge in [-0.1, -0.05) is 31.9 Å². The first-order valence-corrected chi connectivity index (χ1v) is 11.5. The Labute approximate surface area is 194 Å². The third-order valence-corrected chi connectivity index (χ3v) is 5.76. The van der Waals surface area contributed by atoms with Gasteiger partial charge in [-0.3, -0.25) is 18.6 Å². The number of aromatic amines is 1. The van der Waals surface area contributed by atoms with Gasteiger partial charge < -0.3 is 4.98 Å². The van der Waals surface area contributed by atoms with Crippen molar-refractivity contribution < 1.29 is 4.39 Å². The molecule has 4 aromatic rings. The van der Waals surface area contributed by atoms with Gasteiger partial charge in [0.15, 0.2) is 11.2 Å². The Kier molecular flexibility index (Phi) is 7.08. The van der Waals surface area contributed by atoms with Crippen LogP contribution in [0.15, 0.2) is 46.2 Å². The molecule has 0 aliphatic rings. The fourth-order valence-electron chi connectivity index (χ4n) is 3.94. The zero-order valence-electron chi connectivity index (χ0n) is 18.4. The largest absolute Gasteiger partial charge is 0.332 e. The fourth-order valence-corrected chi connectivity index (χ4v) is 4.12. The molecule has 0 spiro atoms. The van der Waals surface area contributed by atoms with Gasteiger partial charge in [-0.2, -0.15) is 10.1 Å². The van der Waals surface area contributed by atoms with E-state index in [9.17, 15) is 14.0 Å². The molecule has 0 bridgehead atoms. The smallest absolute Gasteiger partial charge is 0.323 e. The number of fused-ring (bicyclic) bond motifs is 1. The summed E-state index contributed by atoms with van der Waals surface area (Å²) in [5, 5.41) is 4.43. The molecule has 10 heteroatoms. The van der Waals surface area contributed by atoms with Crippen molar-refractivity contribution in [3.8, 4) is 0 Å². The van der Waals surface area contributed by atoms with Crippen LogP contribution < -0.4 is 11.2 Å². The highest BCUT2D eigenvalue weighted by atomic mass is 35.5. The minimum Gasteiger partial charge on any atom is -0.323 e. The highest BCUT2D eigenvalue weighted by Gasteiger charge is 2.16. The summed E-state index contributed by atoms with van der Waals surface area (Å²) in [4.78, 5) is 32.9. The highest BCUT2D eigenvalue weighted by molar-refractivity contribution is 6.28. The van der Waals surface area contributed by atoms with Crippen LogP contribution >= 0.6 is 11.6 Å². The van der Waals surface area contributed by atoms with Crippen molar-refractivity contribution in [2.75, 3.05) is 0 Å². The van der Waals surface area contributed by atoms with Crippen LogP contribution in [-0.2, 0) is 26.1 Å². The van der Waals surface area contributed by atoms with E-state index in [1.165, 1.54) is 21.3 Å². The molecule has 0 aliphatic heterocycles. The van der Waals surface area contributed by atoms with Crippen molar-refractivity contribution in [1.29, 1.82) is 0 Å². The van der Waals surface area contributed by atoms with Crippen LogP contribution in [0, 0.1) is 5.82 Å². The predicted octanol–water partition coefficient (Wildman–Crippen LogP) is 3.75. The van der Waals surface area contributed by atoms with Gasteiger partial charge in [0, 0.05) is 19.3 Å². The Morgan fingerprint density at radius 2 is 1.91 bits per heavy atom. The minimum atomic E-state index is -0.414. The summed E-state index contributed by atoms with van der Waals surface area (Å²) in [5.74, 6) is -0.277. The van der Waals surface area contributed by atoms with Crippen molar-refractivity contribution in [1.82, 2.24) is 28.9 Å². The molecule has 0 atom stereocenters. The monoisotopic (exact) mass is 472 g/mol. The Balaban J connectivity index is 1.48. The van der Waals surface area contributed by atoms with Gasteiger partial charge >= 0.3 is 5.69 Å². The number of unbranched alkanes of at least 4 members (excludes halogenated alkanes) is 2. The van der Waals surface area contributed by atoms with E-state index in [-0.39, 0.29) is 28.9 Å². The lowest BCUT2D eigenvalue weighted by molar-refractivity contribution is 0.526. The van der Waals surface area contributed by atoms with E-state index in [2.05, 4.69) is 22.0 Å². The second kappa shape index (κ2) is 10.2. The number of nitrogens with one attached hydrogen (secondary N) is 1. The van der Waals surface area contributed by atoms with Gasteiger partial charge in [0.25, 0.3) is 5.56 Å². The maximum absolute atomic E-state index is 13.4. The molecule has 8 nitrogen and oxygen atoms in total. The molecule has 1 N–H and O–H groups in total. The van der Waals surface area contributed by atoms with Gasteiger partial charge in [0.2, 0.25) is 5.28 Å². The Morgan fingerprint density at radius 3 is 2.70 bits per heavy atom. The van der Waals surface area contributed by atoms with Gasteiger partial charge in [0.05, 0.1) is 12.7 Å². The maximum atomic E-state index is 13.4. The molecule has 0 unspecified atom stereocenters. The zero-order chi connectivity index (χ0) is 23.4. The summed E-state index contributed by atoms with van der Waals surface area (Å²) < 4.78 is 17.9. The summed E-state index contributed by atoms with van der Waals surface area (Å²) in [5.41, 5.74) is 1.58. The number of imidazole rings is 1. The van der Waals surface area contributed by atoms with Crippen LogP contribution in [-0.4, -0.2) is 28.9 Å². The average molecular weight is 473 g/mol. The van der Waals surface area contributed by atoms with E-state index in [0.717, 1.165) is 30.4 Å². The molecule has 0 amide bonds. The minimum absolute atomic E-state index is 0.0919. The second-order valence-electron chi connectivity index (χ2n) is 8.10. The summed E-state index contributed by atoms with van der Waals surface area (Å²) in [6.07, 6.45) is 7.70. The SMILES string of the molecule is CCCCCn1c(=O)n(CCCc2cnn(Cc3cccc(F)c3)c2)c(=O)c2[nH]c(Cl)nc21. The molecule has 4 rings (SSSR count). The molecule has 0 saturated carbocycles. The van der Waals surface area contributed by atoms with Crippen molar-refractivity contribution in [3.63, 3.8) is 0 Å². The van der Waals surface area contributed by atoms with E-state index in [1.807, 2.05) is 12.3 Å². The van der Waals surface area contributed by atoms with Crippen LogP contribution in [0.2, 0.25) is 5.28 Å². The number of hydrogen-bond acceptors (Lipinski definition) is 4. The van der Waals surface area contributed by atoms with E-state index in [1.54, 1.807) is 16.9 Å². The Hall–Kier alpha value is -3.20. The lowest BCUT2D eigenvalue weighted by Gasteiger charge is -2.11. The van der Waals surface area contributed by atoms with E-state index in [4.69, 9.17) is 11.6 Å². The van der Waals surface area contributed by atoms with E-state index in [0.29, 0.717) is 31.6 Å². The third-order valence-electron chi connectivity index (χ3n) is 5.59. The molecule has 0 fully saturated rings. The van der Waals surface area contributed by atoms with Gasteiger partial charge in [0.1, 0.15) is 5.82 Å². The molecular formula is C23H26ClFN6O2. The van der Waals surface area contributed by atoms with Crippen LogP contribution in [0.25, 0.3) is 11.2 Å². The van der Waals surface area contributed by atoms with E-state index < -0.39 is 5.56 Å². The molecule has 3 aromatic heterocycles. The van der Waals surface area contributed by atoms with Crippen molar-refractivity contribution in [2.24, 2.45) is 0 Å². The fraction of sp³-hybridized carbons (Fsp3) is 0.391. The number of rotatable bonds is 10. The first kappa shape index (κ1) is 23.0. The Morgan fingerprint density at radius 1 is 1.09 bits per heavy atom. The quantitative estimate of drug-likeness (QED) is 0.281. The standard InChI is InChI=1S/C23H26ClFN6O2/c1-2-3-4-10-30-20-19(27-22(24)28-20)21(32)31(23(30)33)11-6-8-17-13-26-29(15-17)14-16-7-5-9-18(25)12-16/h5,7,9,12-13,15H,2-4,6,8,10-11,14H2,1H3,(H,27,28). The number of H-pyrrole nitrogens is 1. The number of benzene rings is 1. The average Bonchev–Trinajstić information content (AvgIpc) is 3.39. The van der Waals surface area contributed by atoms with Crippen molar-refractivity contribution >= 4 is 22.8 Å². The summed E-state index contributed by atoms with van der Waals surface area (Å²) >= 11 is 5.99. The number of aryl methyl sites for hydroxylation is 2. The number of aromatic nitrogens is 6. The lowest BCUT2D eigenvalue weighted by Crippen LogP contribution is -2.40. The van der Waals surface area contributed by atoms with Crippen molar-refractivity contribution in [3.05, 3.63) is 79.7 Å². The zero-order valence-corrected chi connectivity index (χ0v) is 19.2. The molecule has 3 heterocycles. The summed E-state index contributed by atoms with van der Waals surface area (Å²) in [7, 11) is 0. The molecule has 0 aliphatic carbocycles. The lowest BCUT2D eigenvalue weighted by atomic mass is 10.2. The highest BCUT2D eigenvalue weighted by Crippen LogP contribution is 2.12. The number of nitrogens with zero attached hydrogens (tertiary/aromatic N) is 5. The van der Waals surface area contributed by atoms with Gasteiger partial charge in [-0.05, 0) is 54.1 Å². The molecular weight excluding hydrogens is 447 g/mol. The van der Waals surface area contributed by atoms with Crippen LogP contribution in [0.1, 0.15) is 43.7 Å². The number of halogens is 2. The molecule has 1 aromatic carbocycles. The van der Waals surface area contributed by atoms with Crippen LogP contribution in [0.3, 0.4) is 0 Å².